The first-order valence-electron chi connectivity index (χ1n) is 7.11. The Kier molecular flexibility index (Phi) is 4.08. The maximum atomic E-state index is 13.3. The van der Waals surface area contributed by atoms with Gasteiger partial charge < -0.3 is 4.90 Å². The number of rotatable bonds is 2. The zero-order valence-corrected chi connectivity index (χ0v) is 12.7. The number of benzene rings is 1. The van der Waals surface area contributed by atoms with Crippen LogP contribution in [0.15, 0.2) is 18.2 Å². The summed E-state index contributed by atoms with van der Waals surface area (Å²) >= 11 is 3.47. The Morgan fingerprint density at radius 1 is 1.21 bits per heavy atom. The summed E-state index contributed by atoms with van der Waals surface area (Å²) in [5, 5.41) is 0.713. The highest BCUT2D eigenvalue weighted by molar-refractivity contribution is 9.08. The van der Waals surface area contributed by atoms with Gasteiger partial charge in [0.25, 0.3) is 0 Å². The largest absolute Gasteiger partial charge is 0.368 e. The van der Waals surface area contributed by atoms with E-state index in [9.17, 15) is 4.39 Å². The number of anilines is 1. The van der Waals surface area contributed by atoms with Crippen LogP contribution in [0, 0.1) is 5.82 Å². The molecule has 0 N–H and O–H groups in total. The lowest BCUT2D eigenvalue weighted by molar-refractivity contribution is 0.133. The van der Waals surface area contributed by atoms with Crippen LogP contribution in [0.3, 0.4) is 0 Å². The van der Waals surface area contributed by atoms with Crippen molar-refractivity contribution in [3.63, 3.8) is 0 Å². The van der Waals surface area contributed by atoms with Gasteiger partial charge in [0.1, 0.15) is 5.82 Å². The van der Waals surface area contributed by atoms with E-state index in [1.54, 1.807) is 12.1 Å². The highest BCUT2D eigenvalue weighted by Crippen LogP contribution is 2.28. The van der Waals surface area contributed by atoms with Crippen LogP contribution in [0.2, 0.25) is 0 Å². The van der Waals surface area contributed by atoms with Gasteiger partial charge in [-0.15, -0.1) is 0 Å². The summed E-state index contributed by atoms with van der Waals surface area (Å²) in [5.74, 6) is -0.144. The molecule has 0 saturated carbocycles. The van der Waals surface area contributed by atoms with Gasteiger partial charge in [0.05, 0.1) is 0 Å². The molecule has 1 aromatic rings. The lowest BCUT2D eigenvalue weighted by Gasteiger charge is -2.45. The van der Waals surface area contributed by atoms with E-state index in [2.05, 4.69) is 25.7 Å². The Labute approximate surface area is 122 Å². The summed E-state index contributed by atoms with van der Waals surface area (Å²) in [6.07, 6.45) is 4.00. The van der Waals surface area contributed by atoms with Crippen LogP contribution >= 0.6 is 15.9 Å². The molecule has 0 radical (unpaired) electrons. The maximum absolute atomic E-state index is 13.3. The fourth-order valence-electron chi connectivity index (χ4n) is 3.34. The van der Waals surface area contributed by atoms with Gasteiger partial charge in [-0.05, 0) is 43.1 Å². The molecule has 2 aliphatic heterocycles. The molecule has 2 saturated heterocycles. The Morgan fingerprint density at radius 2 is 2.11 bits per heavy atom. The second kappa shape index (κ2) is 5.80. The smallest absolute Gasteiger partial charge is 0.123 e. The normalized spacial score (nSPS) is 24.3. The van der Waals surface area contributed by atoms with E-state index >= 15 is 0 Å². The van der Waals surface area contributed by atoms with Crippen LogP contribution in [0.1, 0.15) is 24.8 Å². The minimum Gasteiger partial charge on any atom is -0.368 e. The van der Waals surface area contributed by atoms with Crippen molar-refractivity contribution in [1.29, 1.82) is 0 Å². The molecule has 0 amide bonds. The van der Waals surface area contributed by atoms with E-state index in [1.807, 2.05) is 6.07 Å². The molecule has 0 aliphatic carbocycles. The second-order valence-corrected chi connectivity index (χ2v) is 6.10. The molecular formula is C15H20BrFN2. The average Bonchev–Trinajstić information content (AvgIpc) is 2.46. The molecule has 0 aromatic heterocycles. The van der Waals surface area contributed by atoms with E-state index in [0.717, 1.165) is 25.2 Å². The van der Waals surface area contributed by atoms with Crippen molar-refractivity contribution in [2.24, 2.45) is 0 Å². The minimum absolute atomic E-state index is 0.144. The average molecular weight is 327 g/mol. The van der Waals surface area contributed by atoms with Gasteiger partial charge >= 0.3 is 0 Å². The molecule has 2 heterocycles. The van der Waals surface area contributed by atoms with Crippen molar-refractivity contribution in [2.45, 2.75) is 30.6 Å². The number of hydrogen-bond donors (Lipinski definition) is 0. The van der Waals surface area contributed by atoms with Crippen LogP contribution in [-0.4, -0.2) is 37.1 Å². The molecule has 2 nitrogen and oxygen atoms in total. The zero-order chi connectivity index (χ0) is 13.2. The number of piperazine rings is 1. The number of hydrogen-bond acceptors (Lipinski definition) is 2. The Balaban J connectivity index is 1.79. The van der Waals surface area contributed by atoms with Crippen molar-refractivity contribution >= 4 is 21.6 Å². The van der Waals surface area contributed by atoms with E-state index in [-0.39, 0.29) is 5.82 Å². The van der Waals surface area contributed by atoms with Crippen LogP contribution in [0.5, 0.6) is 0 Å². The molecule has 4 heteroatoms. The summed E-state index contributed by atoms with van der Waals surface area (Å²) in [4.78, 5) is 5.06. The maximum Gasteiger partial charge on any atom is 0.123 e. The standard InChI is InChI=1S/C15H20BrFN2/c16-10-12-9-13(17)4-5-15(12)19-8-7-18-6-2-1-3-14(18)11-19/h4-5,9,14H,1-3,6-8,10-11H2. The lowest BCUT2D eigenvalue weighted by atomic mass is 9.99. The predicted molar refractivity (Wildman–Crippen MR) is 80.5 cm³/mol. The van der Waals surface area contributed by atoms with Crippen molar-refractivity contribution in [1.82, 2.24) is 4.90 Å². The fourth-order valence-corrected chi connectivity index (χ4v) is 3.79. The van der Waals surface area contributed by atoms with E-state index in [0.29, 0.717) is 11.4 Å². The third-order valence-corrected chi connectivity index (χ3v) is 4.97. The summed E-state index contributed by atoms with van der Waals surface area (Å²) in [6, 6.07) is 5.85. The van der Waals surface area contributed by atoms with E-state index in [4.69, 9.17) is 0 Å². The number of halogens is 2. The monoisotopic (exact) mass is 326 g/mol. The fraction of sp³-hybridized carbons (Fsp3) is 0.600. The number of piperidine rings is 1. The van der Waals surface area contributed by atoms with Crippen LogP contribution in [-0.2, 0) is 5.33 Å². The van der Waals surface area contributed by atoms with Gasteiger partial charge in [0, 0.05) is 36.7 Å². The molecule has 2 fully saturated rings. The molecule has 3 rings (SSSR count). The first-order chi connectivity index (χ1) is 9.28. The van der Waals surface area contributed by atoms with Crippen molar-refractivity contribution < 1.29 is 4.39 Å². The van der Waals surface area contributed by atoms with Crippen molar-refractivity contribution in [2.75, 3.05) is 31.1 Å². The third-order valence-electron chi connectivity index (χ3n) is 4.36. The molecule has 0 bridgehead atoms. The Bertz CT molecular complexity index is 452. The summed E-state index contributed by atoms with van der Waals surface area (Å²) in [6.45, 7) is 4.55. The van der Waals surface area contributed by atoms with Crippen LogP contribution in [0.4, 0.5) is 10.1 Å². The van der Waals surface area contributed by atoms with Gasteiger partial charge in [-0.2, -0.15) is 0 Å². The molecular weight excluding hydrogens is 307 g/mol. The van der Waals surface area contributed by atoms with Gasteiger partial charge in [0.2, 0.25) is 0 Å². The Morgan fingerprint density at radius 3 is 2.95 bits per heavy atom. The molecule has 0 spiro atoms. The molecule has 1 unspecified atom stereocenters. The highest BCUT2D eigenvalue weighted by Gasteiger charge is 2.29. The van der Waals surface area contributed by atoms with Gasteiger partial charge in [-0.1, -0.05) is 22.4 Å². The van der Waals surface area contributed by atoms with Gasteiger partial charge in [-0.25, -0.2) is 4.39 Å². The summed E-state index contributed by atoms with van der Waals surface area (Å²) < 4.78 is 13.3. The highest BCUT2D eigenvalue weighted by atomic mass is 79.9. The predicted octanol–water partition coefficient (Wildman–Crippen LogP) is 3.40. The van der Waals surface area contributed by atoms with Crippen molar-refractivity contribution in [3.05, 3.63) is 29.6 Å². The third kappa shape index (κ3) is 2.79. The van der Waals surface area contributed by atoms with E-state index < -0.39 is 0 Å². The lowest BCUT2D eigenvalue weighted by Crippen LogP contribution is -2.55. The van der Waals surface area contributed by atoms with Gasteiger partial charge in [0.15, 0.2) is 0 Å². The first-order valence-corrected chi connectivity index (χ1v) is 8.23. The summed E-state index contributed by atoms with van der Waals surface area (Å²) in [7, 11) is 0. The molecule has 2 aliphatic rings. The van der Waals surface area contributed by atoms with E-state index in [1.165, 1.54) is 31.5 Å². The first kappa shape index (κ1) is 13.4. The number of nitrogens with zero attached hydrogens (tertiary/aromatic N) is 2. The van der Waals surface area contributed by atoms with Gasteiger partial charge in [-0.3, -0.25) is 4.90 Å². The van der Waals surface area contributed by atoms with Crippen LogP contribution < -0.4 is 4.90 Å². The molecule has 104 valence electrons. The number of fused-ring (bicyclic) bond motifs is 1. The summed E-state index contributed by atoms with van der Waals surface area (Å²) in [5.41, 5.74) is 2.26. The minimum atomic E-state index is -0.144. The zero-order valence-electron chi connectivity index (χ0n) is 11.1. The Hall–Kier alpha value is -0.610. The number of alkyl halides is 1. The van der Waals surface area contributed by atoms with Crippen LogP contribution in [0.25, 0.3) is 0 Å². The molecule has 1 aromatic carbocycles. The second-order valence-electron chi connectivity index (χ2n) is 5.54. The molecule has 19 heavy (non-hydrogen) atoms. The molecule has 1 atom stereocenters. The van der Waals surface area contributed by atoms with Crippen molar-refractivity contribution in [3.8, 4) is 0 Å². The SMILES string of the molecule is Fc1ccc(N2CCN3CCCCC3C2)c(CBr)c1. The topological polar surface area (TPSA) is 6.48 Å². The quantitative estimate of drug-likeness (QED) is 0.768.